The Hall–Kier alpha value is -3.25. The normalized spacial score (nSPS) is 11.1. The number of aromatic nitrogens is 2. The number of aryl methyl sites for hydroxylation is 1. The number of ether oxygens (including phenoxy) is 1. The van der Waals surface area contributed by atoms with Crippen molar-refractivity contribution in [1.29, 1.82) is 0 Å². The zero-order valence-corrected chi connectivity index (χ0v) is 17.3. The standard InChI is InChI=1S/C22H20ClN3O3/c1-12-9-19(29-25-12)20-21(28-4)16-10-15(17(23)11-18(16)24-22(20)27)13-5-7-14(8-6-13)26(2)3/h5-11H,1-4H3,(H,24,27). The number of methoxy groups -OCH3 is 1. The van der Waals surface area contributed by atoms with Crippen molar-refractivity contribution >= 4 is 28.2 Å². The Morgan fingerprint density at radius 3 is 2.45 bits per heavy atom. The second-order valence-corrected chi connectivity index (χ2v) is 7.42. The number of H-pyrrole nitrogens is 1. The summed E-state index contributed by atoms with van der Waals surface area (Å²) in [5.41, 5.74) is 4.14. The molecule has 6 nitrogen and oxygen atoms in total. The number of hydrogen-bond acceptors (Lipinski definition) is 5. The molecule has 148 valence electrons. The van der Waals surface area contributed by atoms with Gasteiger partial charge in [-0.15, -0.1) is 0 Å². The summed E-state index contributed by atoms with van der Waals surface area (Å²) in [5.74, 6) is 0.775. The summed E-state index contributed by atoms with van der Waals surface area (Å²) in [6, 6.07) is 13.5. The number of pyridine rings is 1. The Balaban J connectivity index is 1.96. The predicted molar refractivity (Wildman–Crippen MR) is 116 cm³/mol. The molecule has 0 bridgehead atoms. The molecule has 0 radical (unpaired) electrons. The van der Waals surface area contributed by atoms with E-state index in [-0.39, 0.29) is 5.56 Å². The van der Waals surface area contributed by atoms with Gasteiger partial charge in [0.2, 0.25) is 0 Å². The number of benzene rings is 2. The van der Waals surface area contributed by atoms with Gasteiger partial charge in [0, 0.05) is 36.8 Å². The van der Waals surface area contributed by atoms with Gasteiger partial charge >= 0.3 is 0 Å². The van der Waals surface area contributed by atoms with Crippen molar-refractivity contribution in [3.05, 3.63) is 63.5 Å². The van der Waals surface area contributed by atoms with E-state index in [1.165, 1.54) is 7.11 Å². The predicted octanol–water partition coefficient (Wildman–Crippen LogP) is 4.89. The monoisotopic (exact) mass is 409 g/mol. The maximum Gasteiger partial charge on any atom is 0.263 e. The summed E-state index contributed by atoms with van der Waals surface area (Å²) in [6.07, 6.45) is 0. The Bertz CT molecular complexity index is 1260. The van der Waals surface area contributed by atoms with E-state index in [0.29, 0.717) is 33.3 Å². The van der Waals surface area contributed by atoms with E-state index in [9.17, 15) is 4.79 Å². The lowest BCUT2D eigenvalue weighted by Gasteiger charge is -2.15. The van der Waals surface area contributed by atoms with Crippen LogP contribution in [0.3, 0.4) is 0 Å². The number of hydrogen-bond donors (Lipinski definition) is 1. The van der Waals surface area contributed by atoms with Crippen LogP contribution >= 0.6 is 11.6 Å². The molecule has 0 aliphatic rings. The molecular formula is C22H20ClN3O3. The fourth-order valence-electron chi connectivity index (χ4n) is 3.36. The molecule has 29 heavy (non-hydrogen) atoms. The lowest BCUT2D eigenvalue weighted by molar-refractivity contribution is 0.407. The lowest BCUT2D eigenvalue weighted by atomic mass is 10.0. The number of aromatic amines is 1. The highest BCUT2D eigenvalue weighted by molar-refractivity contribution is 6.34. The molecule has 1 N–H and O–H groups in total. The molecule has 0 amide bonds. The van der Waals surface area contributed by atoms with Gasteiger partial charge in [0.05, 0.1) is 23.3 Å². The van der Waals surface area contributed by atoms with Crippen molar-refractivity contribution < 1.29 is 9.26 Å². The number of halogens is 1. The first kappa shape index (κ1) is 19.1. The fourth-order valence-corrected chi connectivity index (χ4v) is 3.64. The molecule has 0 aliphatic carbocycles. The van der Waals surface area contributed by atoms with Crippen LogP contribution in [-0.2, 0) is 0 Å². The van der Waals surface area contributed by atoms with E-state index in [1.807, 2.05) is 49.3 Å². The van der Waals surface area contributed by atoms with Crippen molar-refractivity contribution in [2.24, 2.45) is 0 Å². The van der Waals surface area contributed by atoms with Gasteiger partial charge in [0.25, 0.3) is 5.56 Å². The number of nitrogens with zero attached hydrogens (tertiary/aromatic N) is 2. The minimum atomic E-state index is -0.329. The molecule has 0 aliphatic heterocycles. The largest absolute Gasteiger partial charge is 0.495 e. The molecule has 2 heterocycles. The summed E-state index contributed by atoms with van der Waals surface area (Å²) < 4.78 is 10.9. The van der Waals surface area contributed by atoms with Gasteiger partial charge in [-0.3, -0.25) is 4.79 Å². The first-order valence-corrected chi connectivity index (χ1v) is 9.42. The van der Waals surface area contributed by atoms with Gasteiger partial charge in [-0.1, -0.05) is 28.9 Å². The SMILES string of the molecule is COc1c(-c2cc(C)no2)c(=O)[nH]c2cc(Cl)c(-c3ccc(N(C)C)cc3)cc12. The molecule has 0 unspecified atom stereocenters. The van der Waals surface area contributed by atoms with Crippen molar-refractivity contribution in [3.63, 3.8) is 0 Å². The minimum absolute atomic E-state index is 0.303. The highest BCUT2D eigenvalue weighted by atomic mass is 35.5. The molecule has 0 saturated heterocycles. The molecule has 2 aromatic heterocycles. The Morgan fingerprint density at radius 2 is 1.86 bits per heavy atom. The van der Waals surface area contributed by atoms with E-state index >= 15 is 0 Å². The van der Waals surface area contributed by atoms with E-state index in [0.717, 1.165) is 22.2 Å². The molecule has 4 aromatic rings. The molecule has 7 heteroatoms. The lowest BCUT2D eigenvalue weighted by Crippen LogP contribution is -2.11. The highest BCUT2D eigenvalue weighted by Crippen LogP contribution is 2.38. The van der Waals surface area contributed by atoms with Gasteiger partial charge in [0.1, 0.15) is 11.3 Å². The Kier molecular flexibility index (Phi) is 4.80. The second-order valence-electron chi connectivity index (χ2n) is 7.01. The van der Waals surface area contributed by atoms with Crippen LogP contribution in [0.1, 0.15) is 5.69 Å². The Labute approximate surface area is 172 Å². The van der Waals surface area contributed by atoms with Gasteiger partial charge in [-0.05, 0) is 36.8 Å². The zero-order valence-electron chi connectivity index (χ0n) is 16.5. The third kappa shape index (κ3) is 3.36. The maximum absolute atomic E-state index is 12.7. The molecule has 0 fully saturated rings. The van der Waals surface area contributed by atoms with Crippen molar-refractivity contribution in [3.8, 4) is 28.2 Å². The molecule has 0 spiro atoms. The van der Waals surface area contributed by atoms with Crippen LogP contribution in [0.2, 0.25) is 5.02 Å². The van der Waals surface area contributed by atoms with Gasteiger partial charge in [-0.2, -0.15) is 0 Å². The van der Waals surface area contributed by atoms with Crippen LogP contribution < -0.4 is 15.2 Å². The third-order valence-electron chi connectivity index (χ3n) is 4.83. The minimum Gasteiger partial charge on any atom is -0.495 e. The van der Waals surface area contributed by atoms with E-state index < -0.39 is 0 Å². The number of anilines is 1. The molecule has 0 saturated carbocycles. The molecule has 0 atom stereocenters. The third-order valence-corrected chi connectivity index (χ3v) is 5.14. The topological polar surface area (TPSA) is 71.4 Å². The Morgan fingerprint density at radius 1 is 1.14 bits per heavy atom. The number of fused-ring (bicyclic) bond motifs is 1. The molecule has 2 aromatic carbocycles. The smallest absolute Gasteiger partial charge is 0.263 e. The van der Waals surface area contributed by atoms with Crippen LogP contribution in [0.15, 0.2) is 51.8 Å². The fraction of sp³-hybridized carbons (Fsp3) is 0.182. The van der Waals surface area contributed by atoms with Gasteiger partial charge < -0.3 is 19.1 Å². The summed E-state index contributed by atoms with van der Waals surface area (Å²) in [7, 11) is 5.51. The van der Waals surface area contributed by atoms with E-state index in [4.69, 9.17) is 20.9 Å². The summed E-state index contributed by atoms with van der Waals surface area (Å²) >= 11 is 6.55. The first-order chi connectivity index (χ1) is 13.9. The van der Waals surface area contributed by atoms with Crippen molar-refractivity contribution in [2.75, 3.05) is 26.1 Å². The van der Waals surface area contributed by atoms with Crippen LogP contribution in [0, 0.1) is 6.92 Å². The van der Waals surface area contributed by atoms with E-state index in [1.54, 1.807) is 19.1 Å². The van der Waals surface area contributed by atoms with Crippen LogP contribution in [0.4, 0.5) is 5.69 Å². The van der Waals surface area contributed by atoms with Crippen LogP contribution in [0.25, 0.3) is 33.4 Å². The summed E-state index contributed by atoms with van der Waals surface area (Å²) in [6.45, 7) is 1.80. The average molecular weight is 410 g/mol. The zero-order chi connectivity index (χ0) is 20.7. The molecular weight excluding hydrogens is 390 g/mol. The maximum atomic E-state index is 12.7. The number of rotatable bonds is 4. The summed E-state index contributed by atoms with van der Waals surface area (Å²) in [4.78, 5) is 17.6. The number of nitrogens with one attached hydrogen (secondary N) is 1. The van der Waals surface area contributed by atoms with Crippen LogP contribution in [-0.4, -0.2) is 31.3 Å². The van der Waals surface area contributed by atoms with Gasteiger partial charge in [0.15, 0.2) is 5.76 Å². The average Bonchev–Trinajstić information content (AvgIpc) is 3.12. The first-order valence-electron chi connectivity index (χ1n) is 9.04. The second kappa shape index (κ2) is 7.29. The quantitative estimate of drug-likeness (QED) is 0.519. The van der Waals surface area contributed by atoms with E-state index in [2.05, 4.69) is 10.1 Å². The van der Waals surface area contributed by atoms with Crippen molar-refractivity contribution in [2.45, 2.75) is 6.92 Å². The summed E-state index contributed by atoms with van der Waals surface area (Å²) in [5, 5.41) is 5.15. The van der Waals surface area contributed by atoms with Gasteiger partial charge in [-0.25, -0.2) is 0 Å². The van der Waals surface area contributed by atoms with Crippen molar-refractivity contribution in [1.82, 2.24) is 10.1 Å². The molecule has 4 rings (SSSR count). The van der Waals surface area contributed by atoms with Crippen LogP contribution in [0.5, 0.6) is 5.75 Å². The highest BCUT2D eigenvalue weighted by Gasteiger charge is 2.20.